The Labute approximate surface area is 123 Å². The highest BCUT2D eigenvalue weighted by atomic mass is 16.5. The van der Waals surface area contributed by atoms with Crippen LogP contribution in [0.5, 0.6) is 11.5 Å². The summed E-state index contributed by atoms with van der Waals surface area (Å²) in [7, 11) is 0. The van der Waals surface area contributed by atoms with E-state index in [2.05, 4.69) is 6.58 Å². The second-order valence-electron chi connectivity index (χ2n) is 4.64. The lowest BCUT2D eigenvalue weighted by Crippen LogP contribution is -1.99. The molecule has 0 saturated heterocycles. The molecule has 0 fully saturated rings. The lowest BCUT2D eigenvalue weighted by molar-refractivity contribution is 0.258. The fourth-order valence-electron chi connectivity index (χ4n) is 1.97. The Kier molecular flexibility index (Phi) is 4.98. The second kappa shape index (κ2) is 6.92. The number of ether oxygens (including phenoxy) is 1. The van der Waals surface area contributed by atoms with Crippen LogP contribution in [0.3, 0.4) is 0 Å². The van der Waals surface area contributed by atoms with Crippen LogP contribution < -0.4 is 4.74 Å². The third-order valence-corrected chi connectivity index (χ3v) is 3.20. The van der Waals surface area contributed by atoms with Crippen molar-refractivity contribution < 1.29 is 20.1 Å². The summed E-state index contributed by atoms with van der Waals surface area (Å²) in [5.41, 5.74) is 2.69. The second-order valence-corrected chi connectivity index (χ2v) is 4.64. The molecule has 0 aliphatic rings. The van der Waals surface area contributed by atoms with Crippen LogP contribution in [-0.4, -0.2) is 15.3 Å². The number of aliphatic hydroxyl groups is 2. The van der Waals surface area contributed by atoms with E-state index in [0.29, 0.717) is 23.5 Å². The number of aromatic hydroxyl groups is 1. The molecule has 0 aromatic heterocycles. The van der Waals surface area contributed by atoms with E-state index in [9.17, 15) is 15.3 Å². The molecule has 0 aliphatic carbocycles. The molecule has 2 rings (SSSR count). The lowest BCUT2D eigenvalue weighted by atomic mass is 10.1. The fourth-order valence-corrected chi connectivity index (χ4v) is 1.97. The van der Waals surface area contributed by atoms with Gasteiger partial charge in [0.2, 0.25) is 0 Å². The van der Waals surface area contributed by atoms with Gasteiger partial charge in [0.25, 0.3) is 0 Å². The van der Waals surface area contributed by atoms with Crippen LogP contribution in [0.2, 0.25) is 0 Å². The van der Waals surface area contributed by atoms with Crippen LogP contribution in [0.15, 0.2) is 43.0 Å². The highest BCUT2D eigenvalue weighted by molar-refractivity contribution is 5.47. The molecular weight excluding hydrogens is 268 g/mol. The van der Waals surface area contributed by atoms with Gasteiger partial charge in [-0.1, -0.05) is 36.9 Å². The zero-order valence-corrected chi connectivity index (χ0v) is 11.6. The molecule has 21 heavy (non-hydrogen) atoms. The van der Waals surface area contributed by atoms with E-state index >= 15 is 0 Å². The number of rotatable bonds is 6. The first-order valence-electron chi connectivity index (χ1n) is 6.58. The molecule has 0 saturated carbocycles. The third-order valence-electron chi connectivity index (χ3n) is 3.20. The van der Waals surface area contributed by atoms with Gasteiger partial charge in [-0.05, 0) is 23.3 Å². The van der Waals surface area contributed by atoms with Gasteiger partial charge in [-0.3, -0.25) is 0 Å². The molecule has 0 heterocycles. The maximum Gasteiger partial charge on any atom is 0.126 e. The van der Waals surface area contributed by atoms with Gasteiger partial charge in [-0.25, -0.2) is 0 Å². The third kappa shape index (κ3) is 3.62. The van der Waals surface area contributed by atoms with Crippen molar-refractivity contribution in [2.45, 2.75) is 19.8 Å². The minimum absolute atomic E-state index is 0.0947. The van der Waals surface area contributed by atoms with Gasteiger partial charge < -0.3 is 20.1 Å². The quantitative estimate of drug-likeness (QED) is 0.763. The molecule has 4 nitrogen and oxygen atoms in total. The Morgan fingerprint density at radius 1 is 1.00 bits per heavy atom. The van der Waals surface area contributed by atoms with Crippen molar-refractivity contribution in [3.05, 3.63) is 65.2 Å². The molecule has 0 bridgehead atoms. The molecule has 110 valence electrons. The van der Waals surface area contributed by atoms with Gasteiger partial charge >= 0.3 is 0 Å². The van der Waals surface area contributed by atoms with Crippen LogP contribution in [0, 0.1) is 0 Å². The number of aliphatic hydroxyl groups excluding tert-OH is 2. The van der Waals surface area contributed by atoms with Crippen molar-refractivity contribution in [2.24, 2.45) is 0 Å². The number of benzene rings is 2. The SMILES string of the molecule is C=Cc1ccc(COc2cc(CO)c(O)c(CO)c2)cc1. The Bertz CT molecular complexity index is 592. The zero-order valence-electron chi connectivity index (χ0n) is 11.6. The van der Waals surface area contributed by atoms with Crippen molar-refractivity contribution in [3.8, 4) is 11.5 Å². The van der Waals surface area contributed by atoms with E-state index in [1.54, 1.807) is 18.2 Å². The van der Waals surface area contributed by atoms with Gasteiger partial charge in [-0.2, -0.15) is 0 Å². The number of hydrogen-bond acceptors (Lipinski definition) is 4. The number of phenols is 1. The zero-order chi connectivity index (χ0) is 15.2. The first-order valence-corrected chi connectivity index (χ1v) is 6.58. The van der Waals surface area contributed by atoms with Crippen molar-refractivity contribution in [1.29, 1.82) is 0 Å². The predicted octanol–water partition coefficient (Wildman–Crippen LogP) is 2.60. The van der Waals surface area contributed by atoms with Gasteiger partial charge in [0.15, 0.2) is 0 Å². The minimum atomic E-state index is -0.315. The largest absolute Gasteiger partial charge is 0.507 e. The van der Waals surface area contributed by atoms with Gasteiger partial charge in [0, 0.05) is 11.1 Å². The molecule has 2 aromatic carbocycles. The maximum absolute atomic E-state index is 9.77. The maximum atomic E-state index is 9.77. The molecule has 0 unspecified atom stereocenters. The van der Waals surface area contributed by atoms with Crippen molar-refractivity contribution in [1.82, 2.24) is 0 Å². The average molecular weight is 286 g/mol. The van der Waals surface area contributed by atoms with Crippen LogP contribution >= 0.6 is 0 Å². The average Bonchev–Trinajstić information content (AvgIpc) is 2.54. The van der Waals surface area contributed by atoms with Crippen molar-refractivity contribution in [2.75, 3.05) is 0 Å². The van der Waals surface area contributed by atoms with Crippen LogP contribution in [0.4, 0.5) is 0 Å². The summed E-state index contributed by atoms with van der Waals surface area (Å²) in [6.07, 6.45) is 1.77. The van der Waals surface area contributed by atoms with Gasteiger partial charge in [-0.15, -0.1) is 0 Å². The summed E-state index contributed by atoms with van der Waals surface area (Å²) >= 11 is 0. The van der Waals surface area contributed by atoms with Gasteiger partial charge in [0.05, 0.1) is 13.2 Å². The van der Waals surface area contributed by atoms with E-state index < -0.39 is 0 Å². The Morgan fingerprint density at radius 2 is 1.57 bits per heavy atom. The minimum Gasteiger partial charge on any atom is -0.507 e. The summed E-state index contributed by atoms with van der Waals surface area (Å²) in [5.74, 6) is 0.399. The van der Waals surface area contributed by atoms with E-state index in [-0.39, 0.29) is 19.0 Å². The Morgan fingerprint density at radius 3 is 2.05 bits per heavy atom. The number of hydrogen-bond donors (Lipinski definition) is 3. The Hall–Kier alpha value is -2.30. The summed E-state index contributed by atoms with van der Waals surface area (Å²) in [5, 5.41) is 28.2. The van der Waals surface area contributed by atoms with Crippen molar-refractivity contribution >= 4 is 6.08 Å². The summed E-state index contributed by atoms with van der Waals surface area (Å²) in [6, 6.07) is 10.9. The van der Waals surface area contributed by atoms with E-state index in [4.69, 9.17) is 4.74 Å². The van der Waals surface area contributed by atoms with E-state index in [1.165, 1.54) is 0 Å². The monoisotopic (exact) mass is 286 g/mol. The molecule has 3 N–H and O–H groups in total. The van der Waals surface area contributed by atoms with Crippen molar-refractivity contribution in [3.63, 3.8) is 0 Å². The molecular formula is C17H18O4. The smallest absolute Gasteiger partial charge is 0.126 e. The predicted molar refractivity (Wildman–Crippen MR) is 80.8 cm³/mol. The Balaban J connectivity index is 2.13. The molecule has 0 radical (unpaired) electrons. The first-order chi connectivity index (χ1) is 10.2. The van der Waals surface area contributed by atoms with Crippen LogP contribution in [0.25, 0.3) is 6.08 Å². The van der Waals surface area contributed by atoms with E-state index in [0.717, 1.165) is 11.1 Å². The first kappa shape index (κ1) is 15.1. The molecule has 2 aromatic rings. The lowest BCUT2D eigenvalue weighted by Gasteiger charge is -2.12. The molecule has 0 atom stereocenters. The standard InChI is InChI=1S/C17H18O4/c1-2-12-3-5-13(6-4-12)11-21-16-7-14(9-18)17(20)15(8-16)10-19/h2-8,18-20H,1,9-11H2. The molecule has 0 spiro atoms. The summed E-state index contributed by atoms with van der Waals surface area (Å²) < 4.78 is 5.65. The highest BCUT2D eigenvalue weighted by Crippen LogP contribution is 2.29. The summed E-state index contributed by atoms with van der Waals surface area (Å²) in [4.78, 5) is 0. The fraction of sp³-hybridized carbons (Fsp3) is 0.176. The van der Waals surface area contributed by atoms with E-state index in [1.807, 2.05) is 24.3 Å². The van der Waals surface area contributed by atoms with Crippen LogP contribution in [0.1, 0.15) is 22.3 Å². The summed E-state index contributed by atoms with van der Waals surface area (Å²) in [6.45, 7) is 3.43. The molecule has 0 aliphatic heterocycles. The normalized spacial score (nSPS) is 10.4. The molecule has 4 heteroatoms. The molecule has 0 amide bonds. The van der Waals surface area contributed by atoms with Gasteiger partial charge in [0.1, 0.15) is 18.1 Å². The highest BCUT2D eigenvalue weighted by Gasteiger charge is 2.09. The topological polar surface area (TPSA) is 69.9 Å². The van der Waals surface area contributed by atoms with Crippen LogP contribution in [-0.2, 0) is 19.8 Å².